The molecule has 1 amide bonds. The highest BCUT2D eigenvalue weighted by molar-refractivity contribution is 5.76. The summed E-state index contributed by atoms with van der Waals surface area (Å²) in [5, 5.41) is 23.3. The lowest BCUT2D eigenvalue weighted by Crippen LogP contribution is -2.45. The molecule has 3 N–H and O–H groups in total. The van der Waals surface area contributed by atoms with Gasteiger partial charge in [0.25, 0.3) is 0 Å². The average Bonchev–Trinajstić information content (AvgIpc) is 3.41. The third kappa shape index (κ3) is 61.9. The summed E-state index contributed by atoms with van der Waals surface area (Å²) in [4.78, 5) is 24.6. The van der Waals surface area contributed by atoms with Crippen LogP contribution >= 0.6 is 0 Å². The van der Waals surface area contributed by atoms with Crippen molar-refractivity contribution in [1.29, 1.82) is 0 Å². The molecule has 0 aromatic carbocycles. The van der Waals surface area contributed by atoms with Gasteiger partial charge in [-0.2, -0.15) is 0 Å². The molecule has 0 heterocycles. The first-order chi connectivity index (χ1) is 37.0. The highest BCUT2D eigenvalue weighted by Gasteiger charge is 2.20. The zero-order valence-corrected chi connectivity index (χ0v) is 51.3. The molecule has 75 heavy (non-hydrogen) atoms. The number of esters is 1. The van der Waals surface area contributed by atoms with Crippen molar-refractivity contribution in [2.75, 3.05) is 13.2 Å². The molecular weight excluding hydrogens is 923 g/mol. The molecule has 6 nitrogen and oxygen atoms in total. The maximum atomic E-state index is 12.5. The summed E-state index contributed by atoms with van der Waals surface area (Å²) in [6.45, 7) is 4.99. The number of aliphatic hydroxyl groups excluding tert-OH is 2. The standard InChI is InChI=1S/C69H137NO5/c1-3-5-7-9-11-13-15-17-18-32-36-39-43-47-51-55-59-63-69(74)75-64-60-56-52-48-44-40-37-34-31-29-27-25-23-21-19-20-22-24-26-28-30-33-35-38-42-46-50-54-58-62-68(73)70-66(65-71)67(72)61-57-53-49-45-41-16-14-12-10-8-6-4-2/h66-67,71-72H,3-65H2,1-2H3,(H,70,73). The van der Waals surface area contributed by atoms with Crippen LogP contribution in [0.4, 0.5) is 0 Å². The van der Waals surface area contributed by atoms with E-state index in [1.54, 1.807) is 0 Å². The summed E-state index contributed by atoms with van der Waals surface area (Å²) in [7, 11) is 0. The van der Waals surface area contributed by atoms with E-state index in [9.17, 15) is 19.8 Å². The predicted octanol–water partition coefficient (Wildman–Crippen LogP) is 22.2. The third-order valence-electron chi connectivity index (χ3n) is 16.7. The Bertz CT molecular complexity index is 1080. The maximum Gasteiger partial charge on any atom is 0.305 e. The van der Waals surface area contributed by atoms with Gasteiger partial charge >= 0.3 is 5.97 Å². The Balaban J connectivity index is 3.29. The van der Waals surface area contributed by atoms with Crippen LogP contribution in [0.15, 0.2) is 0 Å². The molecule has 0 aliphatic heterocycles. The van der Waals surface area contributed by atoms with Gasteiger partial charge in [-0.25, -0.2) is 0 Å². The van der Waals surface area contributed by atoms with Crippen LogP contribution in [0.2, 0.25) is 0 Å². The lowest BCUT2D eigenvalue weighted by molar-refractivity contribution is -0.143. The number of carbonyl (C=O) groups is 2. The Labute approximate surface area is 470 Å². The van der Waals surface area contributed by atoms with Gasteiger partial charge < -0.3 is 20.3 Å². The van der Waals surface area contributed by atoms with Gasteiger partial charge in [0.1, 0.15) is 0 Å². The van der Waals surface area contributed by atoms with Crippen LogP contribution in [0.5, 0.6) is 0 Å². The van der Waals surface area contributed by atoms with Crippen LogP contribution in [-0.2, 0) is 14.3 Å². The summed E-state index contributed by atoms with van der Waals surface area (Å²) in [5.41, 5.74) is 0. The van der Waals surface area contributed by atoms with Crippen molar-refractivity contribution in [3.63, 3.8) is 0 Å². The van der Waals surface area contributed by atoms with Gasteiger partial charge in [-0.1, -0.05) is 367 Å². The third-order valence-corrected chi connectivity index (χ3v) is 16.7. The van der Waals surface area contributed by atoms with Crippen molar-refractivity contribution in [3.05, 3.63) is 0 Å². The SMILES string of the molecule is CCCCCCCCCCCCCCCCCCCC(=O)OCCCCCCCCCCCCCCCCCCCCCCCCCCCCCCCC(=O)NC(CO)C(O)CCCCCCCCCCCCCC. The minimum atomic E-state index is -0.659. The Morgan fingerprint density at radius 2 is 0.547 bits per heavy atom. The highest BCUT2D eigenvalue weighted by atomic mass is 16.5. The second-order valence-corrected chi connectivity index (χ2v) is 24.2. The van der Waals surface area contributed by atoms with Gasteiger partial charge in [0.05, 0.1) is 25.4 Å². The van der Waals surface area contributed by atoms with Crippen LogP contribution in [-0.4, -0.2) is 47.4 Å². The zero-order valence-electron chi connectivity index (χ0n) is 51.3. The Kier molecular flexibility index (Phi) is 64.4. The molecular formula is C69H137NO5. The molecule has 0 fully saturated rings. The second kappa shape index (κ2) is 65.4. The van der Waals surface area contributed by atoms with Crippen LogP contribution in [0.1, 0.15) is 406 Å². The van der Waals surface area contributed by atoms with Gasteiger partial charge in [0, 0.05) is 12.8 Å². The Hall–Kier alpha value is -1.14. The number of unbranched alkanes of at least 4 members (excludes halogenated alkanes) is 55. The Morgan fingerprint density at radius 1 is 0.320 bits per heavy atom. The fourth-order valence-corrected chi connectivity index (χ4v) is 11.4. The maximum absolute atomic E-state index is 12.5. The van der Waals surface area contributed by atoms with Crippen molar-refractivity contribution in [2.24, 2.45) is 0 Å². The van der Waals surface area contributed by atoms with Crippen LogP contribution in [0, 0.1) is 0 Å². The average molecular weight is 1060 g/mol. The Morgan fingerprint density at radius 3 is 0.813 bits per heavy atom. The molecule has 0 bridgehead atoms. The van der Waals surface area contributed by atoms with Gasteiger partial charge in [0.2, 0.25) is 5.91 Å². The van der Waals surface area contributed by atoms with E-state index in [1.165, 1.54) is 334 Å². The predicted molar refractivity (Wildman–Crippen MR) is 329 cm³/mol. The molecule has 2 unspecified atom stereocenters. The molecule has 0 aromatic heterocycles. The molecule has 0 saturated heterocycles. The number of hydrogen-bond donors (Lipinski definition) is 3. The first-order valence-electron chi connectivity index (χ1n) is 34.8. The molecule has 0 aromatic rings. The van der Waals surface area contributed by atoms with E-state index in [4.69, 9.17) is 4.74 Å². The number of rotatable bonds is 66. The quantitative estimate of drug-likeness (QED) is 0.0417. The molecule has 6 heteroatoms. The van der Waals surface area contributed by atoms with E-state index < -0.39 is 12.1 Å². The number of ether oxygens (including phenoxy) is 1. The monoisotopic (exact) mass is 1060 g/mol. The van der Waals surface area contributed by atoms with Crippen LogP contribution < -0.4 is 5.32 Å². The second-order valence-electron chi connectivity index (χ2n) is 24.2. The first-order valence-corrected chi connectivity index (χ1v) is 34.8. The van der Waals surface area contributed by atoms with Gasteiger partial charge in [-0.05, 0) is 25.7 Å². The molecule has 0 saturated carbocycles. The van der Waals surface area contributed by atoms with Crippen LogP contribution in [0.25, 0.3) is 0 Å². The fourth-order valence-electron chi connectivity index (χ4n) is 11.4. The minimum absolute atomic E-state index is 0.0246. The number of aliphatic hydroxyl groups is 2. The topological polar surface area (TPSA) is 95.9 Å². The molecule has 448 valence electrons. The molecule has 0 rings (SSSR count). The van der Waals surface area contributed by atoms with E-state index in [0.717, 1.165) is 38.5 Å². The normalized spacial score (nSPS) is 12.4. The molecule has 0 spiro atoms. The van der Waals surface area contributed by atoms with E-state index in [2.05, 4.69) is 19.2 Å². The summed E-state index contributed by atoms with van der Waals surface area (Å²) >= 11 is 0. The summed E-state index contributed by atoms with van der Waals surface area (Å²) in [5.74, 6) is -0.00462. The fraction of sp³-hybridized carbons (Fsp3) is 0.971. The van der Waals surface area contributed by atoms with Crippen LogP contribution in [0.3, 0.4) is 0 Å². The van der Waals surface area contributed by atoms with E-state index in [-0.39, 0.29) is 18.5 Å². The smallest absolute Gasteiger partial charge is 0.305 e. The largest absolute Gasteiger partial charge is 0.466 e. The van der Waals surface area contributed by atoms with E-state index >= 15 is 0 Å². The molecule has 0 aliphatic rings. The van der Waals surface area contributed by atoms with E-state index in [1.807, 2.05) is 0 Å². The van der Waals surface area contributed by atoms with Gasteiger partial charge in [-0.15, -0.1) is 0 Å². The van der Waals surface area contributed by atoms with Crippen molar-refractivity contribution < 1.29 is 24.5 Å². The summed E-state index contributed by atoms with van der Waals surface area (Å²) in [6.07, 6.45) is 78.7. The minimum Gasteiger partial charge on any atom is -0.466 e. The van der Waals surface area contributed by atoms with Gasteiger partial charge in [-0.3, -0.25) is 9.59 Å². The summed E-state index contributed by atoms with van der Waals surface area (Å²) in [6, 6.07) is -0.536. The molecule has 2 atom stereocenters. The number of hydrogen-bond acceptors (Lipinski definition) is 5. The van der Waals surface area contributed by atoms with Crippen molar-refractivity contribution in [1.82, 2.24) is 5.32 Å². The van der Waals surface area contributed by atoms with E-state index in [0.29, 0.717) is 25.9 Å². The zero-order chi connectivity index (χ0) is 54.3. The lowest BCUT2D eigenvalue weighted by atomic mass is 10.0. The first kappa shape index (κ1) is 73.9. The van der Waals surface area contributed by atoms with Crippen molar-refractivity contribution >= 4 is 11.9 Å². The number of carbonyl (C=O) groups excluding carboxylic acids is 2. The number of nitrogens with one attached hydrogen (secondary N) is 1. The lowest BCUT2D eigenvalue weighted by Gasteiger charge is -2.22. The van der Waals surface area contributed by atoms with Gasteiger partial charge in [0.15, 0.2) is 0 Å². The number of amides is 1. The highest BCUT2D eigenvalue weighted by Crippen LogP contribution is 2.19. The van der Waals surface area contributed by atoms with Crippen molar-refractivity contribution in [2.45, 2.75) is 418 Å². The summed E-state index contributed by atoms with van der Waals surface area (Å²) < 4.78 is 5.51. The van der Waals surface area contributed by atoms with Crippen molar-refractivity contribution in [3.8, 4) is 0 Å². The molecule has 0 radical (unpaired) electrons. The molecule has 0 aliphatic carbocycles.